The molecule has 0 spiro atoms. The number of benzene rings is 1. The fraction of sp³-hybridized carbons (Fsp3) is 0.500. The minimum atomic E-state index is -0.249. The molecule has 1 aliphatic heterocycles. The highest BCUT2D eigenvalue weighted by molar-refractivity contribution is 5.65. The van der Waals surface area contributed by atoms with E-state index in [0.29, 0.717) is 13.0 Å². The van der Waals surface area contributed by atoms with Crippen molar-refractivity contribution in [1.82, 2.24) is 5.01 Å². The van der Waals surface area contributed by atoms with Crippen LogP contribution in [0.1, 0.15) is 44.6 Å². The van der Waals surface area contributed by atoms with E-state index >= 15 is 0 Å². The molecule has 5 heteroatoms. The van der Waals surface area contributed by atoms with Gasteiger partial charge < -0.3 is 4.74 Å². The van der Waals surface area contributed by atoms with Crippen LogP contribution in [-0.4, -0.2) is 30.7 Å². The summed E-state index contributed by atoms with van der Waals surface area (Å²) in [5, 5.41) is 10.7. The lowest BCUT2D eigenvalue weighted by Crippen LogP contribution is -2.23. The largest absolute Gasteiger partial charge is 0.466 e. The number of hydrogen-bond acceptors (Lipinski definition) is 4. The van der Waals surface area contributed by atoms with Crippen LogP contribution in [0.3, 0.4) is 0 Å². The van der Waals surface area contributed by atoms with Gasteiger partial charge in [0.25, 0.3) is 0 Å². The van der Waals surface area contributed by atoms with Gasteiger partial charge in [0.1, 0.15) is 5.69 Å². The van der Waals surface area contributed by atoms with E-state index in [1.165, 1.54) is 26.2 Å². The highest BCUT2D eigenvalue weighted by Crippen LogP contribution is 2.19. The Balaban J connectivity index is 1.89. The molecule has 122 valence electrons. The molecule has 0 aromatic heterocycles. The molecular weight excluding hydrogens is 290 g/mol. The van der Waals surface area contributed by atoms with Crippen molar-refractivity contribution in [2.45, 2.75) is 39.0 Å². The summed E-state index contributed by atoms with van der Waals surface area (Å²) in [6.07, 6.45) is 5.07. The van der Waals surface area contributed by atoms with Crippen LogP contribution in [0.2, 0.25) is 0 Å². The zero-order chi connectivity index (χ0) is 16.3. The fourth-order valence-corrected chi connectivity index (χ4v) is 2.28. The van der Waals surface area contributed by atoms with Gasteiger partial charge in [0.2, 0.25) is 0 Å². The predicted molar refractivity (Wildman–Crippen MR) is 89.1 cm³/mol. The number of ether oxygens (including phenoxy) is 1. The molecule has 1 heterocycles. The van der Waals surface area contributed by atoms with Crippen LogP contribution in [0.15, 0.2) is 34.6 Å². The molecule has 1 fully saturated rings. The predicted octanol–water partition coefficient (Wildman–Crippen LogP) is 3.87. The summed E-state index contributed by atoms with van der Waals surface area (Å²) in [4.78, 5) is 10.7. The molecule has 0 bridgehead atoms. The Kier molecular flexibility index (Phi) is 7.12. The summed E-state index contributed by atoms with van der Waals surface area (Å²) in [6, 6.07) is 7.76. The van der Waals surface area contributed by atoms with Crippen LogP contribution in [0, 0.1) is 11.8 Å². The summed E-state index contributed by atoms with van der Waals surface area (Å²) in [7, 11) is 0. The monoisotopic (exact) mass is 313 g/mol. The highest BCUT2D eigenvalue weighted by atomic mass is 16.5. The normalized spacial score (nSPS) is 14.4. The molecule has 23 heavy (non-hydrogen) atoms. The van der Waals surface area contributed by atoms with Crippen LogP contribution in [0.5, 0.6) is 0 Å². The van der Waals surface area contributed by atoms with Crippen molar-refractivity contribution < 1.29 is 9.53 Å². The van der Waals surface area contributed by atoms with Crippen molar-refractivity contribution in [3.05, 3.63) is 29.8 Å². The van der Waals surface area contributed by atoms with Gasteiger partial charge in [-0.1, -0.05) is 29.2 Å². The van der Waals surface area contributed by atoms with E-state index in [0.717, 1.165) is 30.8 Å². The lowest BCUT2D eigenvalue weighted by molar-refractivity contribution is -0.141. The minimum Gasteiger partial charge on any atom is -0.466 e. The Labute approximate surface area is 137 Å². The molecule has 1 aliphatic rings. The fourth-order valence-electron chi connectivity index (χ4n) is 2.28. The van der Waals surface area contributed by atoms with Crippen LogP contribution in [0.4, 0.5) is 5.69 Å². The third-order valence-electron chi connectivity index (χ3n) is 3.49. The molecule has 0 radical (unpaired) electrons. The molecular formula is C18H23N3O2. The van der Waals surface area contributed by atoms with Crippen molar-refractivity contribution >= 4 is 11.7 Å². The van der Waals surface area contributed by atoms with Gasteiger partial charge in [-0.15, -0.1) is 5.11 Å². The van der Waals surface area contributed by atoms with Crippen LogP contribution < -0.4 is 0 Å². The molecule has 1 aromatic rings. The standard InChI is InChI=1S/C18H23N3O2/c1-16(22)23-15-9-2-4-10-17-11-5-6-12-18(17)19-20-21-13-7-3-8-14-21/h5-6,11-12H,2-3,7-9,13-15H2,1H3. The number of hydrogen-bond donors (Lipinski definition) is 0. The number of carbonyl (C=O) groups is 1. The van der Waals surface area contributed by atoms with Crippen molar-refractivity contribution in [3.63, 3.8) is 0 Å². The number of rotatable bonds is 5. The van der Waals surface area contributed by atoms with Gasteiger partial charge in [-0.3, -0.25) is 9.80 Å². The van der Waals surface area contributed by atoms with Crippen LogP contribution in [0.25, 0.3) is 0 Å². The average molecular weight is 313 g/mol. The maximum absolute atomic E-state index is 10.7. The molecule has 0 N–H and O–H groups in total. The first-order valence-electron chi connectivity index (χ1n) is 8.13. The van der Waals surface area contributed by atoms with E-state index in [4.69, 9.17) is 4.74 Å². The van der Waals surface area contributed by atoms with E-state index < -0.39 is 0 Å². The number of esters is 1. The Hall–Kier alpha value is -2.35. The number of nitrogens with zero attached hydrogens (tertiary/aromatic N) is 3. The molecule has 2 rings (SSSR count). The first-order valence-corrected chi connectivity index (χ1v) is 8.13. The summed E-state index contributed by atoms with van der Waals surface area (Å²) in [5.74, 6) is 5.97. The Morgan fingerprint density at radius 2 is 2.04 bits per heavy atom. The maximum Gasteiger partial charge on any atom is 0.302 e. The van der Waals surface area contributed by atoms with Gasteiger partial charge >= 0.3 is 5.97 Å². The molecule has 1 saturated heterocycles. The van der Waals surface area contributed by atoms with Gasteiger partial charge in [-0.2, -0.15) is 0 Å². The third kappa shape index (κ3) is 6.52. The summed E-state index contributed by atoms with van der Waals surface area (Å²) >= 11 is 0. The minimum absolute atomic E-state index is 0.249. The van der Waals surface area contributed by atoms with Crippen LogP contribution in [-0.2, 0) is 9.53 Å². The van der Waals surface area contributed by atoms with Crippen molar-refractivity contribution in [2.75, 3.05) is 19.7 Å². The molecule has 0 aliphatic carbocycles. The Morgan fingerprint density at radius 3 is 2.83 bits per heavy atom. The second-order valence-corrected chi connectivity index (χ2v) is 5.47. The average Bonchev–Trinajstić information content (AvgIpc) is 2.57. The quantitative estimate of drug-likeness (QED) is 0.359. The molecule has 0 atom stereocenters. The number of carbonyl (C=O) groups excluding carboxylic acids is 1. The smallest absolute Gasteiger partial charge is 0.302 e. The van der Waals surface area contributed by atoms with E-state index in [1.807, 2.05) is 29.3 Å². The lowest BCUT2D eigenvalue weighted by Gasteiger charge is -2.21. The third-order valence-corrected chi connectivity index (χ3v) is 3.49. The first-order chi connectivity index (χ1) is 11.3. The molecule has 5 nitrogen and oxygen atoms in total. The first kappa shape index (κ1) is 17.0. The maximum atomic E-state index is 10.7. The molecule has 0 saturated carbocycles. The van der Waals surface area contributed by atoms with Gasteiger partial charge in [-0.05, 0) is 37.8 Å². The second-order valence-electron chi connectivity index (χ2n) is 5.47. The lowest BCUT2D eigenvalue weighted by atomic mass is 10.2. The van der Waals surface area contributed by atoms with E-state index in [9.17, 15) is 4.79 Å². The van der Waals surface area contributed by atoms with Gasteiger partial charge in [-0.25, -0.2) is 0 Å². The van der Waals surface area contributed by atoms with E-state index in [2.05, 4.69) is 22.2 Å². The number of unbranched alkanes of at least 4 members (excludes halogenated alkanes) is 1. The van der Waals surface area contributed by atoms with E-state index in [-0.39, 0.29) is 5.97 Å². The van der Waals surface area contributed by atoms with Gasteiger partial charge in [0, 0.05) is 26.4 Å². The van der Waals surface area contributed by atoms with Crippen molar-refractivity contribution in [1.29, 1.82) is 0 Å². The van der Waals surface area contributed by atoms with Gasteiger partial charge in [0.15, 0.2) is 0 Å². The highest BCUT2D eigenvalue weighted by Gasteiger charge is 2.07. The topological polar surface area (TPSA) is 54.3 Å². The van der Waals surface area contributed by atoms with Gasteiger partial charge in [0.05, 0.1) is 12.2 Å². The zero-order valence-corrected chi connectivity index (χ0v) is 13.6. The Morgan fingerprint density at radius 1 is 1.26 bits per heavy atom. The summed E-state index contributed by atoms with van der Waals surface area (Å²) in [6.45, 7) is 3.79. The second kappa shape index (κ2) is 9.62. The zero-order valence-electron chi connectivity index (χ0n) is 13.6. The van der Waals surface area contributed by atoms with Crippen molar-refractivity contribution in [3.8, 4) is 11.8 Å². The SMILES string of the molecule is CC(=O)OCCCC#Cc1ccccc1N=NN1CCCCC1. The Bertz CT molecular complexity index is 596. The number of piperidine rings is 1. The summed E-state index contributed by atoms with van der Waals surface area (Å²) < 4.78 is 4.88. The van der Waals surface area contributed by atoms with Crippen LogP contribution >= 0.6 is 0 Å². The van der Waals surface area contributed by atoms with E-state index in [1.54, 1.807) is 0 Å². The van der Waals surface area contributed by atoms with Crippen molar-refractivity contribution in [2.24, 2.45) is 10.3 Å². The summed E-state index contributed by atoms with van der Waals surface area (Å²) in [5.41, 5.74) is 1.67. The molecule has 0 amide bonds. The molecule has 1 aromatic carbocycles. The molecule has 0 unspecified atom stereocenters.